The van der Waals surface area contributed by atoms with Crippen LogP contribution in [0, 0.1) is 6.92 Å². The lowest BCUT2D eigenvalue weighted by Crippen LogP contribution is -2.00. The first-order valence-corrected chi connectivity index (χ1v) is 5.80. The van der Waals surface area contributed by atoms with E-state index in [9.17, 15) is 0 Å². The van der Waals surface area contributed by atoms with E-state index < -0.39 is 0 Å². The SMILES string of the molecule is CCNc1ccc(-c2csc(C)c2)nn1. The summed E-state index contributed by atoms with van der Waals surface area (Å²) in [7, 11) is 0. The molecule has 0 spiro atoms. The molecular formula is C11H13N3S. The van der Waals surface area contributed by atoms with Crippen molar-refractivity contribution in [2.75, 3.05) is 11.9 Å². The molecule has 4 heteroatoms. The van der Waals surface area contributed by atoms with Crippen LogP contribution in [0.5, 0.6) is 0 Å². The molecule has 0 fully saturated rings. The molecule has 0 saturated carbocycles. The zero-order chi connectivity index (χ0) is 10.7. The zero-order valence-corrected chi connectivity index (χ0v) is 9.64. The second kappa shape index (κ2) is 4.40. The van der Waals surface area contributed by atoms with Crippen molar-refractivity contribution in [3.05, 3.63) is 28.5 Å². The third-order valence-electron chi connectivity index (χ3n) is 2.05. The maximum atomic E-state index is 4.18. The van der Waals surface area contributed by atoms with Crippen LogP contribution in [0.2, 0.25) is 0 Å². The largest absolute Gasteiger partial charge is 0.369 e. The third-order valence-corrected chi connectivity index (χ3v) is 2.91. The summed E-state index contributed by atoms with van der Waals surface area (Å²) in [6, 6.07) is 6.08. The Labute approximate surface area is 93.2 Å². The maximum Gasteiger partial charge on any atom is 0.148 e. The summed E-state index contributed by atoms with van der Waals surface area (Å²) < 4.78 is 0. The number of rotatable bonds is 3. The highest BCUT2D eigenvalue weighted by Crippen LogP contribution is 2.23. The highest BCUT2D eigenvalue weighted by molar-refractivity contribution is 7.10. The molecule has 3 nitrogen and oxygen atoms in total. The molecule has 0 aliphatic rings. The smallest absolute Gasteiger partial charge is 0.148 e. The van der Waals surface area contributed by atoms with Crippen LogP contribution in [0.25, 0.3) is 11.3 Å². The van der Waals surface area contributed by atoms with Crippen LogP contribution in [0.1, 0.15) is 11.8 Å². The van der Waals surface area contributed by atoms with Crippen molar-refractivity contribution in [2.45, 2.75) is 13.8 Å². The number of hydrogen-bond acceptors (Lipinski definition) is 4. The lowest BCUT2D eigenvalue weighted by Gasteiger charge is -2.01. The van der Waals surface area contributed by atoms with Gasteiger partial charge in [-0.2, -0.15) is 0 Å². The number of nitrogens with one attached hydrogen (secondary N) is 1. The first-order valence-electron chi connectivity index (χ1n) is 4.92. The molecule has 0 aliphatic heterocycles. The number of aryl methyl sites for hydroxylation is 1. The Balaban J connectivity index is 2.23. The summed E-state index contributed by atoms with van der Waals surface area (Å²) in [4.78, 5) is 1.29. The number of nitrogens with zero attached hydrogens (tertiary/aromatic N) is 2. The molecule has 0 atom stereocenters. The van der Waals surface area contributed by atoms with Gasteiger partial charge in [0.15, 0.2) is 0 Å². The molecule has 0 aromatic carbocycles. The Morgan fingerprint density at radius 2 is 2.20 bits per heavy atom. The van der Waals surface area contributed by atoms with E-state index >= 15 is 0 Å². The summed E-state index contributed by atoms with van der Waals surface area (Å²) in [5, 5.41) is 13.5. The topological polar surface area (TPSA) is 37.8 Å². The van der Waals surface area contributed by atoms with Gasteiger partial charge in [-0.3, -0.25) is 0 Å². The second-order valence-electron chi connectivity index (χ2n) is 3.28. The average molecular weight is 219 g/mol. The van der Waals surface area contributed by atoms with Crippen LogP contribution in [0.4, 0.5) is 5.82 Å². The van der Waals surface area contributed by atoms with E-state index in [1.165, 1.54) is 4.88 Å². The fourth-order valence-corrected chi connectivity index (χ4v) is 2.04. The highest BCUT2D eigenvalue weighted by atomic mass is 32.1. The Hall–Kier alpha value is -1.42. The van der Waals surface area contributed by atoms with Gasteiger partial charge in [0.1, 0.15) is 5.82 Å². The molecule has 1 N–H and O–H groups in total. The van der Waals surface area contributed by atoms with Gasteiger partial charge < -0.3 is 5.32 Å². The summed E-state index contributed by atoms with van der Waals surface area (Å²) in [6.45, 7) is 5.00. The van der Waals surface area contributed by atoms with Crippen molar-refractivity contribution in [1.82, 2.24) is 10.2 Å². The van der Waals surface area contributed by atoms with Gasteiger partial charge in [0.2, 0.25) is 0 Å². The van der Waals surface area contributed by atoms with Crippen LogP contribution in [-0.4, -0.2) is 16.7 Å². The summed E-state index contributed by atoms with van der Waals surface area (Å²) in [5.74, 6) is 0.827. The van der Waals surface area contributed by atoms with Gasteiger partial charge in [-0.25, -0.2) is 0 Å². The molecule has 0 radical (unpaired) electrons. The van der Waals surface area contributed by atoms with Crippen LogP contribution in [0.15, 0.2) is 23.6 Å². The van der Waals surface area contributed by atoms with E-state index in [1.54, 1.807) is 11.3 Å². The lowest BCUT2D eigenvalue weighted by atomic mass is 10.2. The Morgan fingerprint density at radius 1 is 1.33 bits per heavy atom. The van der Waals surface area contributed by atoms with Crippen molar-refractivity contribution >= 4 is 17.2 Å². The van der Waals surface area contributed by atoms with Crippen LogP contribution < -0.4 is 5.32 Å². The van der Waals surface area contributed by atoms with E-state index in [0.717, 1.165) is 23.6 Å². The minimum Gasteiger partial charge on any atom is -0.369 e. The first kappa shape index (κ1) is 10.1. The van der Waals surface area contributed by atoms with E-state index in [0.29, 0.717) is 0 Å². The molecule has 2 rings (SSSR count). The van der Waals surface area contributed by atoms with Gasteiger partial charge in [0.25, 0.3) is 0 Å². The minimum atomic E-state index is 0.827. The molecule has 2 aromatic rings. The second-order valence-corrected chi connectivity index (χ2v) is 4.40. The van der Waals surface area contributed by atoms with Gasteiger partial charge in [-0.1, -0.05) is 0 Å². The summed E-state index contributed by atoms with van der Waals surface area (Å²) >= 11 is 1.73. The number of thiophene rings is 1. The number of hydrogen-bond donors (Lipinski definition) is 1. The van der Waals surface area contributed by atoms with Gasteiger partial charge in [-0.15, -0.1) is 21.5 Å². The van der Waals surface area contributed by atoms with E-state index in [2.05, 4.69) is 33.9 Å². The third kappa shape index (κ3) is 2.33. The van der Waals surface area contributed by atoms with E-state index in [1.807, 2.05) is 19.1 Å². The monoisotopic (exact) mass is 219 g/mol. The normalized spacial score (nSPS) is 10.3. The average Bonchev–Trinajstić information content (AvgIpc) is 2.67. The Bertz CT molecular complexity index is 433. The molecule has 2 heterocycles. The molecule has 2 aromatic heterocycles. The quantitative estimate of drug-likeness (QED) is 0.862. The van der Waals surface area contributed by atoms with Gasteiger partial charge in [-0.05, 0) is 32.0 Å². The first-order chi connectivity index (χ1) is 7.29. The Kier molecular flexibility index (Phi) is 2.97. The molecular weight excluding hydrogens is 206 g/mol. The van der Waals surface area contributed by atoms with Crippen LogP contribution >= 0.6 is 11.3 Å². The van der Waals surface area contributed by atoms with Gasteiger partial charge in [0.05, 0.1) is 5.69 Å². The Morgan fingerprint density at radius 3 is 2.73 bits per heavy atom. The standard InChI is InChI=1S/C11H13N3S/c1-3-12-11-5-4-10(13-14-11)9-6-8(2)15-7-9/h4-7H,3H2,1-2H3,(H,12,14). The van der Waals surface area contributed by atoms with Gasteiger partial charge in [0, 0.05) is 22.4 Å². The predicted molar refractivity (Wildman–Crippen MR) is 64.2 cm³/mol. The molecule has 0 bridgehead atoms. The van der Waals surface area contributed by atoms with Crippen molar-refractivity contribution in [2.24, 2.45) is 0 Å². The molecule has 15 heavy (non-hydrogen) atoms. The minimum absolute atomic E-state index is 0.827. The maximum absolute atomic E-state index is 4.18. The van der Waals surface area contributed by atoms with E-state index in [4.69, 9.17) is 0 Å². The number of aromatic nitrogens is 2. The lowest BCUT2D eigenvalue weighted by molar-refractivity contribution is 1.02. The summed E-state index contributed by atoms with van der Waals surface area (Å²) in [5.41, 5.74) is 2.08. The van der Waals surface area contributed by atoms with Crippen molar-refractivity contribution in [3.63, 3.8) is 0 Å². The fourth-order valence-electron chi connectivity index (χ4n) is 1.34. The van der Waals surface area contributed by atoms with Crippen molar-refractivity contribution in [3.8, 4) is 11.3 Å². The zero-order valence-electron chi connectivity index (χ0n) is 8.82. The molecule has 78 valence electrons. The molecule has 0 saturated heterocycles. The van der Waals surface area contributed by atoms with Crippen LogP contribution in [0.3, 0.4) is 0 Å². The van der Waals surface area contributed by atoms with Crippen molar-refractivity contribution < 1.29 is 0 Å². The molecule has 0 amide bonds. The number of anilines is 1. The van der Waals surface area contributed by atoms with Crippen LogP contribution in [-0.2, 0) is 0 Å². The predicted octanol–water partition coefficient (Wildman–Crippen LogP) is 2.95. The summed E-state index contributed by atoms with van der Waals surface area (Å²) in [6.07, 6.45) is 0. The molecule has 0 aliphatic carbocycles. The van der Waals surface area contributed by atoms with Crippen molar-refractivity contribution in [1.29, 1.82) is 0 Å². The van der Waals surface area contributed by atoms with E-state index in [-0.39, 0.29) is 0 Å². The fraction of sp³-hybridized carbons (Fsp3) is 0.273. The van der Waals surface area contributed by atoms with Gasteiger partial charge >= 0.3 is 0 Å². The highest BCUT2D eigenvalue weighted by Gasteiger charge is 2.02. The molecule has 0 unspecified atom stereocenters.